The number of nitrogen functional groups attached to an aromatic ring is 1. The summed E-state index contributed by atoms with van der Waals surface area (Å²) in [5.74, 6) is -0.188. The molecule has 0 spiro atoms. The summed E-state index contributed by atoms with van der Waals surface area (Å²) in [7, 11) is 0. The minimum absolute atomic E-state index is 0.135. The number of carbonyl (C=O) groups excluding carboxylic acids is 1. The van der Waals surface area contributed by atoms with Gasteiger partial charge in [0.25, 0.3) is 5.91 Å². The average molecular weight is 283 g/mol. The monoisotopic (exact) mass is 282 g/mol. The van der Waals surface area contributed by atoms with Crippen molar-refractivity contribution in [1.29, 1.82) is 0 Å². The molecule has 0 aliphatic carbocycles. The van der Waals surface area contributed by atoms with Crippen molar-refractivity contribution in [3.05, 3.63) is 28.8 Å². The van der Waals surface area contributed by atoms with E-state index < -0.39 is 0 Å². The first kappa shape index (κ1) is 15.8. The summed E-state index contributed by atoms with van der Waals surface area (Å²) in [5.41, 5.74) is 6.48. The number of benzene rings is 1. The fourth-order valence-electron chi connectivity index (χ4n) is 2.46. The van der Waals surface area contributed by atoms with Gasteiger partial charge in [0.1, 0.15) is 0 Å². The molecule has 0 aliphatic heterocycles. The lowest BCUT2D eigenvalue weighted by Crippen LogP contribution is -2.45. The molecule has 1 rings (SSSR count). The second-order valence-corrected chi connectivity index (χ2v) is 7.22. The molecular formula is C15H23ClN2O. The number of hydrogen-bond acceptors (Lipinski definition) is 2. The van der Waals surface area contributed by atoms with Crippen LogP contribution in [0, 0.1) is 5.41 Å². The van der Waals surface area contributed by atoms with Crippen molar-refractivity contribution in [1.82, 2.24) is 5.32 Å². The molecule has 0 saturated heterocycles. The van der Waals surface area contributed by atoms with Gasteiger partial charge in [-0.1, -0.05) is 32.4 Å². The van der Waals surface area contributed by atoms with Crippen LogP contribution in [0.4, 0.5) is 5.69 Å². The molecular weight excluding hydrogens is 260 g/mol. The van der Waals surface area contributed by atoms with E-state index in [-0.39, 0.29) is 16.9 Å². The highest BCUT2D eigenvalue weighted by atomic mass is 35.5. The van der Waals surface area contributed by atoms with E-state index in [9.17, 15) is 4.79 Å². The lowest BCUT2D eigenvalue weighted by atomic mass is 9.81. The Hall–Kier alpha value is -1.22. The highest BCUT2D eigenvalue weighted by molar-refractivity contribution is 6.34. The molecule has 3 nitrogen and oxygen atoms in total. The number of nitrogens with two attached hydrogens (primary N) is 1. The molecule has 0 radical (unpaired) electrons. The minimum atomic E-state index is -0.302. The molecule has 0 aromatic heterocycles. The van der Waals surface area contributed by atoms with E-state index >= 15 is 0 Å². The van der Waals surface area contributed by atoms with Crippen LogP contribution in [-0.2, 0) is 0 Å². The van der Waals surface area contributed by atoms with Gasteiger partial charge in [0.2, 0.25) is 0 Å². The smallest absolute Gasteiger partial charge is 0.253 e. The summed E-state index contributed by atoms with van der Waals surface area (Å²) in [4.78, 5) is 12.3. The summed E-state index contributed by atoms with van der Waals surface area (Å²) in [6, 6.07) is 4.92. The zero-order valence-corrected chi connectivity index (χ0v) is 13.1. The Morgan fingerprint density at radius 1 is 1.26 bits per heavy atom. The van der Waals surface area contributed by atoms with Crippen molar-refractivity contribution in [3.63, 3.8) is 0 Å². The van der Waals surface area contributed by atoms with Gasteiger partial charge in [-0.05, 0) is 43.9 Å². The van der Waals surface area contributed by atoms with E-state index in [0.717, 1.165) is 6.42 Å². The molecule has 3 N–H and O–H groups in total. The highest BCUT2D eigenvalue weighted by Crippen LogP contribution is 2.27. The summed E-state index contributed by atoms with van der Waals surface area (Å²) in [5, 5.41) is 3.43. The largest absolute Gasteiger partial charge is 0.399 e. The second kappa shape index (κ2) is 5.41. The molecule has 0 bridgehead atoms. The van der Waals surface area contributed by atoms with Crippen LogP contribution < -0.4 is 11.1 Å². The molecule has 0 heterocycles. The van der Waals surface area contributed by atoms with E-state index in [1.54, 1.807) is 18.2 Å². The van der Waals surface area contributed by atoms with Gasteiger partial charge in [0.05, 0.1) is 10.6 Å². The molecule has 0 unspecified atom stereocenters. The molecule has 0 aliphatic rings. The Kier molecular flexibility index (Phi) is 4.51. The van der Waals surface area contributed by atoms with E-state index in [1.165, 1.54) is 0 Å². The third-order valence-electron chi connectivity index (χ3n) is 2.66. The third kappa shape index (κ3) is 5.11. The van der Waals surface area contributed by atoms with E-state index in [4.69, 9.17) is 17.3 Å². The van der Waals surface area contributed by atoms with Crippen LogP contribution in [0.1, 0.15) is 51.4 Å². The van der Waals surface area contributed by atoms with Gasteiger partial charge in [0.15, 0.2) is 0 Å². The minimum Gasteiger partial charge on any atom is -0.399 e. The summed E-state index contributed by atoms with van der Waals surface area (Å²) >= 11 is 6.04. The van der Waals surface area contributed by atoms with Crippen LogP contribution in [0.5, 0.6) is 0 Å². The number of amides is 1. The summed E-state index contributed by atoms with van der Waals surface area (Å²) in [6.45, 7) is 10.5. The van der Waals surface area contributed by atoms with Crippen molar-refractivity contribution < 1.29 is 4.79 Å². The molecule has 19 heavy (non-hydrogen) atoms. The molecule has 4 heteroatoms. The van der Waals surface area contributed by atoms with Crippen LogP contribution in [0.2, 0.25) is 5.02 Å². The van der Waals surface area contributed by atoms with Gasteiger partial charge in [0, 0.05) is 11.2 Å². The third-order valence-corrected chi connectivity index (χ3v) is 2.99. The van der Waals surface area contributed by atoms with Crippen molar-refractivity contribution in [2.45, 2.75) is 46.6 Å². The van der Waals surface area contributed by atoms with E-state index in [1.807, 2.05) is 13.8 Å². The van der Waals surface area contributed by atoms with Crippen molar-refractivity contribution in [2.24, 2.45) is 5.41 Å². The maximum atomic E-state index is 12.3. The van der Waals surface area contributed by atoms with Crippen LogP contribution in [0.15, 0.2) is 18.2 Å². The topological polar surface area (TPSA) is 55.1 Å². The van der Waals surface area contributed by atoms with Crippen molar-refractivity contribution in [2.75, 3.05) is 5.73 Å². The first-order valence-electron chi connectivity index (χ1n) is 6.38. The zero-order valence-electron chi connectivity index (χ0n) is 12.3. The molecule has 1 aromatic carbocycles. The van der Waals surface area contributed by atoms with Gasteiger partial charge in [-0.25, -0.2) is 0 Å². The Morgan fingerprint density at radius 3 is 2.37 bits per heavy atom. The normalized spacial score (nSPS) is 12.3. The quantitative estimate of drug-likeness (QED) is 0.827. The molecule has 1 aromatic rings. The average Bonchev–Trinajstić information content (AvgIpc) is 2.16. The van der Waals surface area contributed by atoms with Gasteiger partial charge in [-0.15, -0.1) is 0 Å². The van der Waals surface area contributed by atoms with Gasteiger partial charge >= 0.3 is 0 Å². The number of anilines is 1. The predicted octanol–water partition coefficient (Wildman–Crippen LogP) is 3.87. The lowest BCUT2D eigenvalue weighted by molar-refractivity contribution is 0.0891. The fraction of sp³-hybridized carbons (Fsp3) is 0.533. The number of rotatable bonds is 3. The number of carbonyl (C=O) groups is 1. The number of halogens is 1. The number of hydrogen-bond donors (Lipinski definition) is 2. The SMILES string of the molecule is CC(C)(C)CC(C)(C)NC(=O)c1cc(N)ccc1Cl. The number of nitrogens with one attached hydrogen (secondary N) is 1. The van der Waals surface area contributed by atoms with Crippen LogP contribution in [0.3, 0.4) is 0 Å². The van der Waals surface area contributed by atoms with Crippen LogP contribution in [0.25, 0.3) is 0 Å². The first-order chi connectivity index (χ1) is 8.50. The molecule has 0 atom stereocenters. The van der Waals surface area contributed by atoms with Gasteiger partial charge in [-0.2, -0.15) is 0 Å². The van der Waals surface area contributed by atoms with Crippen molar-refractivity contribution in [3.8, 4) is 0 Å². The van der Waals surface area contributed by atoms with Crippen LogP contribution >= 0.6 is 11.6 Å². The second-order valence-electron chi connectivity index (χ2n) is 6.81. The Labute approximate surface area is 120 Å². The predicted molar refractivity (Wildman–Crippen MR) is 81.5 cm³/mol. The van der Waals surface area contributed by atoms with E-state index in [0.29, 0.717) is 16.3 Å². The summed E-state index contributed by atoms with van der Waals surface area (Å²) in [6.07, 6.45) is 0.867. The standard InChI is InChI=1S/C15H23ClN2O/c1-14(2,3)9-15(4,5)18-13(19)11-8-10(17)6-7-12(11)16/h6-8H,9,17H2,1-5H3,(H,18,19). The zero-order chi connectivity index (χ0) is 14.8. The first-order valence-corrected chi connectivity index (χ1v) is 6.75. The molecule has 0 fully saturated rings. The molecule has 106 valence electrons. The van der Waals surface area contributed by atoms with Crippen molar-refractivity contribution >= 4 is 23.2 Å². The Balaban J connectivity index is 2.87. The maximum Gasteiger partial charge on any atom is 0.253 e. The fourth-order valence-corrected chi connectivity index (χ4v) is 2.66. The molecule has 1 amide bonds. The summed E-state index contributed by atoms with van der Waals surface area (Å²) < 4.78 is 0. The highest BCUT2D eigenvalue weighted by Gasteiger charge is 2.27. The van der Waals surface area contributed by atoms with E-state index in [2.05, 4.69) is 26.1 Å². The van der Waals surface area contributed by atoms with Crippen LogP contribution in [-0.4, -0.2) is 11.4 Å². The Morgan fingerprint density at radius 2 is 1.84 bits per heavy atom. The molecule has 0 saturated carbocycles. The maximum absolute atomic E-state index is 12.3. The van der Waals surface area contributed by atoms with Gasteiger partial charge < -0.3 is 11.1 Å². The Bertz CT molecular complexity index is 476. The van der Waals surface area contributed by atoms with Gasteiger partial charge in [-0.3, -0.25) is 4.79 Å². The lowest BCUT2D eigenvalue weighted by Gasteiger charge is -2.33.